The summed E-state index contributed by atoms with van der Waals surface area (Å²) >= 11 is 0. The van der Waals surface area contributed by atoms with E-state index < -0.39 is 0 Å². The van der Waals surface area contributed by atoms with Crippen molar-refractivity contribution >= 4 is 17.5 Å². The van der Waals surface area contributed by atoms with E-state index >= 15 is 0 Å². The SMILES string of the molecule is O=C(Nc1ccccc1C(=O)N1CCOCC1)c1ccc(CN2CCc3ccccc3C2)cc1. The summed E-state index contributed by atoms with van der Waals surface area (Å²) in [6.07, 6.45) is 1.07. The molecule has 3 aromatic carbocycles. The predicted molar refractivity (Wildman–Crippen MR) is 132 cm³/mol. The van der Waals surface area contributed by atoms with E-state index in [0.717, 1.165) is 26.1 Å². The van der Waals surface area contributed by atoms with Crippen LogP contribution < -0.4 is 5.32 Å². The molecule has 2 amide bonds. The molecule has 6 heteroatoms. The molecule has 2 aliphatic rings. The van der Waals surface area contributed by atoms with Crippen LogP contribution >= 0.6 is 0 Å². The van der Waals surface area contributed by atoms with Gasteiger partial charge in [0, 0.05) is 38.3 Å². The fourth-order valence-corrected chi connectivity index (χ4v) is 4.62. The van der Waals surface area contributed by atoms with Gasteiger partial charge in [-0.05, 0) is 47.4 Å². The Kier molecular flexibility index (Phi) is 6.70. The van der Waals surface area contributed by atoms with Crippen LogP contribution in [-0.2, 0) is 24.2 Å². The highest BCUT2D eigenvalue weighted by atomic mass is 16.5. The maximum atomic E-state index is 13.0. The third-order valence-electron chi connectivity index (χ3n) is 6.54. The summed E-state index contributed by atoms with van der Waals surface area (Å²) in [7, 11) is 0. The van der Waals surface area contributed by atoms with Gasteiger partial charge < -0.3 is 15.0 Å². The topological polar surface area (TPSA) is 61.9 Å². The molecule has 0 unspecified atom stereocenters. The molecule has 1 saturated heterocycles. The third kappa shape index (κ3) is 5.03. The minimum atomic E-state index is -0.222. The Morgan fingerprint density at radius 1 is 0.824 bits per heavy atom. The van der Waals surface area contributed by atoms with Crippen LogP contribution in [0.5, 0.6) is 0 Å². The van der Waals surface area contributed by atoms with Gasteiger partial charge in [0.1, 0.15) is 0 Å². The number of carbonyl (C=O) groups excluding carboxylic acids is 2. The largest absolute Gasteiger partial charge is 0.378 e. The first-order chi connectivity index (χ1) is 16.7. The van der Waals surface area contributed by atoms with Gasteiger partial charge in [-0.1, -0.05) is 48.5 Å². The minimum absolute atomic E-state index is 0.0855. The molecule has 0 radical (unpaired) electrons. The fraction of sp³-hybridized carbons (Fsp3) is 0.286. The molecule has 2 heterocycles. The van der Waals surface area contributed by atoms with Gasteiger partial charge in [0.15, 0.2) is 0 Å². The van der Waals surface area contributed by atoms with Gasteiger partial charge in [-0.3, -0.25) is 14.5 Å². The Morgan fingerprint density at radius 2 is 1.53 bits per heavy atom. The summed E-state index contributed by atoms with van der Waals surface area (Å²) < 4.78 is 5.34. The number of anilines is 1. The van der Waals surface area contributed by atoms with Gasteiger partial charge in [0.25, 0.3) is 11.8 Å². The number of hydrogen-bond donors (Lipinski definition) is 1. The van der Waals surface area contributed by atoms with Crippen molar-refractivity contribution in [3.63, 3.8) is 0 Å². The average Bonchev–Trinajstić information content (AvgIpc) is 2.89. The van der Waals surface area contributed by atoms with E-state index in [0.29, 0.717) is 43.1 Å². The van der Waals surface area contributed by atoms with Crippen molar-refractivity contribution in [1.82, 2.24) is 9.80 Å². The van der Waals surface area contributed by atoms with Gasteiger partial charge >= 0.3 is 0 Å². The third-order valence-corrected chi connectivity index (χ3v) is 6.54. The summed E-state index contributed by atoms with van der Waals surface area (Å²) in [4.78, 5) is 30.1. The quantitative estimate of drug-likeness (QED) is 0.633. The lowest BCUT2D eigenvalue weighted by molar-refractivity contribution is 0.0303. The molecule has 1 fully saturated rings. The first kappa shape index (κ1) is 22.3. The van der Waals surface area contributed by atoms with Crippen molar-refractivity contribution in [2.45, 2.75) is 19.5 Å². The van der Waals surface area contributed by atoms with E-state index in [2.05, 4.69) is 34.5 Å². The van der Waals surface area contributed by atoms with Gasteiger partial charge in [0.2, 0.25) is 0 Å². The van der Waals surface area contributed by atoms with Crippen molar-refractivity contribution in [1.29, 1.82) is 0 Å². The van der Waals surface area contributed by atoms with Crippen LogP contribution in [0.2, 0.25) is 0 Å². The molecule has 34 heavy (non-hydrogen) atoms. The standard InChI is InChI=1S/C28H29N3O3/c32-27(29-26-8-4-3-7-25(26)28(33)31-15-17-34-18-16-31)23-11-9-21(10-12-23)19-30-14-13-22-5-1-2-6-24(22)20-30/h1-12H,13-20H2,(H,29,32). The fourth-order valence-electron chi connectivity index (χ4n) is 4.62. The van der Waals surface area contributed by atoms with Crippen molar-refractivity contribution in [2.75, 3.05) is 38.2 Å². The lowest BCUT2D eigenvalue weighted by atomic mass is 9.99. The van der Waals surface area contributed by atoms with Gasteiger partial charge in [-0.2, -0.15) is 0 Å². The molecular weight excluding hydrogens is 426 g/mol. The summed E-state index contributed by atoms with van der Waals surface area (Å²) in [5, 5.41) is 2.93. The van der Waals surface area contributed by atoms with E-state index in [1.54, 1.807) is 17.0 Å². The first-order valence-electron chi connectivity index (χ1n) is 11.8. The van der Waals surface area contributed by atoms with Crippen LogP contribution in [0.15, 0.2) is 72.8 Å². The predicted octanol–water partition coefficient (Wildman–Crippen LogP) is 3.97. The smallest absolute Gasteiger partial charge is 0.256 e. The maximum Gasteiger partial charge on any atom is 0.256 e. The van der Waals surface area contributed by atoms with Crippen molar-refractivity contribution < 1.29 is 14.3 Å². The summed E-state index contributed by atoms with van der Waals surface area (Å²) in [5.74, 6) is -0.307. The van der Waals surface area contributed by atoms with Crippen molar-refractivity contribution in [3.05, 3.63) is 101 Å². The molecule has 2 aliphatic heterocycles. The highest BCUT2D eigenvalue weighted by Crippen LogP contribution is 2.22. The molecule has 6 nitrogen and oxygen atoms in total. The number of morpholine rings is 1. The average molecular weight is 456 g/mol. The van der Waals surface area contributed by atoms with Gasteiger partial charge in [0.05, 0.1) is 24.5 Å². The van der Waals surface area contributed by atoms with Crippen LogP contribution in [0.4, 0.5) is 5.69 Å². The summed E-state index contributed by atoms with van der Waals surface area (Å²) in [6, 6.07) is 23.5. The zero-order valence-electron chi connectivity index (χ0n) is 19.2. The van der Waals surface area contributed by atoms with Crippen LogP contribution in [0.1, 0.15) is 37.4 Å². The van der Waals surface area contributed by atoms with Crippen molar-refractivity contribution in [2.24, 2.45) is 0 Å². The molecule has 174 valence electrons. The van der Waals surface area contributed by atoms with Crippen LogP contribution in [0.3, 0.4) is 0 Å². The minimum Gasteiger partial charge on any atom is -0.378 e. The van der Waals surface area contributed by atoms with E-state index in [-0.39, 0.29) is 11.8 Å². The van der Waals surface area contributed by atoms with Crippen LogP contribution in [0, 0.1) is 0 Å². The zero-order chi connectivity index (χ0) is 23.3. The molecule has 1 N–H and O–H groups in total. The van der Waals surface area contributed by atoms with E-state index in [1.807, 2.05) is 36.4 Å². The first-order valence-corrected chi connectivity index (χ1v) is 11.8. The van der Waals surface area contributed by atoms with Gasteiger partial charge in [-0.15, -0.1) is 0 Å². The maximum absolute atomic E-state index is 13.0. The normalized spacial score (nSPS) is 16.1. The number of fused-ring (bicyclic) bond motifs is 1. The lowest BCUT2D eigenvalue weighted by Gasteiger charge is -2.28. The second-order valence-electron chi connectivity index (χ2n) is 8.83. The molecule has 0 atom stereocenters. The number of nitrogens with zero attached hydrogens (tertiary/aromatic N) is 2. The highest BCUT2D eigenvalue weighted by molar-refractivity contribution is 6.09. The number of ether oxygens (including phenoxy) is 1. The number of amides is 2. The van der Waals surface area contributed by atoms with E-state index in [4.69, 9.17) is 4.74 Å². The van der Waals surface area contributed by atoms with Crippen molar-refractivity contribution in [3.8, 4) is 0 Å². The van der Waals surface area contributed by atoms with Crippen LogP contribution in [-0.4, -0.2) is 54.5 Å². The number of benzene rings is 3. The number of para-hydroxylation sites is 1. The second kappa shape index (κ2) is 10.2. The number of hydrogen-bond acceptors (Lipinski definition) is 4. The summed E-state index contributed by atoms with van der Waals surface area (Å²) in [6.45, 7) is 5.04. The van der Waals surface area contributed by atoms with E-state index in [9.17, 15) is 9.59 Å². The lowest BCUT2D eigenvalue weighted by Crippen LogP contribution is -2.41. The monoisotopic (exact) mass is 455 g/mol. The summed E-state index contributed by atoms with van der Waals surface area (Å²) in [5.41, 5.74) is 5.62. The molecule has 0 spiro atoms. The molecule has 0 bridgehead atoms. The molecule has 0 aliphatic carbocycles. The Hall–Kier alpha value is -3.48. The Bertz CT molecular complexity index is 1170. The molecule has 5 rings (SSSR count). The van der Waals surface area contributed by atoms with Crippen LogP contribution in [0.25, 0.3) is 0 Å². The molecule has 3 aromatic rings. The number of carbonyl (C=O) groups is 2. The number of rotatable bonds is 5. The Balaban J connectivity index is 1.23. The number of nitrogens with one attached hydrogen (secondary N) is 1. The Morgan fingerprint density at radius 3 is 2.32 bits per heavy atom. The molecular formula is C28H29N3O3. The zero-order valence-corrected chi connectivity index (χ0v) is 19.2. The molecule has 0 aromatic heterocycles. The van der Waals surface area contributed by atoms with E-state index in [1.165, 1.54) is 16.7 Å². The highest BCUT2D eigenvalue weighted by Gasteiger charge is 2.22. The molecule has 0 saturated carbocycles. The second-order valence-corrected chi connectivity index (χ2v) is 8.83. The Labute approximate surface area is 200 Å². The van der Waals surface area contributed by atoms with Gasteiger partial charge in [-0.25, -0.2) is 0 Å².